The van der Waals surface area contributed by atoms with E-state index in [0.717, 1.165) is 32.2 Å². The van der Waals surface area contributed by atoms with Crippen LogP contribution < -0.4 is 5.32 Å². The highest BCUT2D eigenvalue weighted by atomic mass is 32.1. The maximum absolute atomic E-state index is 4.76. The third kappa shape index (κ3) is 4.55. The fourth-order valence-corrected chi connectivity index (χ4v) is 3.61. The molecule has 1 aliphatic rings. The predicted molar refractivity (Wildman–Crippen MR) is 82.5 cm³/mol. The van der Waals surface area contributed by atoms with Crippen LogP contribution in [0, 0.1) is 0 Å². The maximum atomic E-state index is 4.76. The van der Waals surface area contributed by atoms with Crippen LogP contribution in [0.1, 0.15) is 56.7 Å². The van der Waals surface area contributed by atoms with Crippen LogP contribution >= 0.6 is 11.3 Å². The molecule has 1 aliphatic carbocycles. The van der Waals surface area contributed by atoms with Gasteiger partial charge in [0.05, 0.1) is 5.69 Å². The summed E-state index contributed by atoms with van der Waals surface area (Å²) in [5, 5.41) is 6.89. The molecule has 1 aromatic rings. The number of nitrogens with one attached hydrogen (secondary N) is 1. The van der Waals surface area contributed by atoms with Crippen molar-refractivity contribution in [2.75, 3.05) is 13.1 Å². The first kappa shape index (κ1) is 14.9. The number of thiazole rings is 1. The molecule has 0 saturated heterocycles. The highest BCUT2D eigenvalue weighted by molar-refractivity contribution is 7.09. The third-order valence-corrected chi connectivity index (χ3v) is 4.81. The normalized spacial score (nSPS) is 16.6. The Morgan fingerprint density at radius 3 is 2.84 bits per heavy atom. The monoisotopic (exact) mass is 281 g/mol. The predicted octanol–water partition coefficient (Wildman–Crippen LogP) is 3.41. The molecule has 1 saturated carbocycles. The molecule has 1 fully saturated rings. The number of aromatic nitrogens is 1. The Morgan fingerprint density at radius 2 is 2.16 bits per heavy atom. The van der Waals surface area contributed by atoms with Gasteiger partial charge in [0.2, 0.25) is 0 Å². The molecule has 1 N–H and O–H groups in total. The zero-order chi connectivity index (χ0) is 13.5. The van der Waals surface area contributed by atoms with E-state index in [1.807, 2.05) is 0 Å². The van der Waals surface area contributed by atoms with Crippen molar-refractivity contribution in [2.24, 2.45) is 0 Å². The Bertz CT molecular complexity index is 358. The van der Waals surface area contributed by atoms with E-state index >= 15 is 0 Å². The summed E-state index contributed by atoms with van der Waals surface area (Å²) in [6.07, 6.45) is 6.75. The molecule has 19 heavy (non-hydrogen) atoms. The fraction of sp³-hybridized carbons (Fsp3) is 0.800. The smallest absolute Gasteiger partial charge is 0.107 e. The molecule has 0 atom stereocenters. The van der Waals surface area contributed by atoms with Crippen molar-refractivity contribution in [3.63, 3.8) is 0 Å². The van der Waals surface area contributed by atoms with Crippen LogP contribution in [-0.2, 0) is 13.1 Å². The second kappa shape index (κ2) is 7.98. The van der Waals surface area contributed by atoms with E-state index in [2.05, 4.69) is 29.4 Å². The Morgan fingerprint density at radius 1 is 1.37 bits per heavy atom. The second-order valence-corrected chi connectivity index (χ2v) is 6.35. The molecule has 0 amide bonds. The van der Waals surface area contributed by atoms with Gasteiger partial charge in [0, 0.05) is 24.5 Å². The van der Waals surface area contributed by atoms with E-state index in [1.165, 1.54) is 42.8 Å². The van der Waals surface area contributed by atoms with Gasteiger partial charge in [-0.05, 0) is 32.4 Å². The van der Waals surface area contributed by atoms with Crippen molar-refractivity contribution in [3.05, 3.63) is 16.1 Å². The van der Waals surface area contributed by atoms with Gasteiger partial charge in [-0.15, -0.1) is 11.3 Å². The molecule has 1 aromatic heterocycles. The van der Waals surface area contributed by atoms with Gasteiger partial charge in [-0.25, -0.2) is 4.98 Å². The van der Waals surface area contributed by atoms with E-state index in [1.54, 1.807) is 11.3 Å². The summed E-state index contributed by atoms with van der Waals surface area (Å²) < 4.78 is 0. The number of hydrogen-bond donors (Lipinski definition) is 1. The molecule has 1 heterocycles. The van der Waals surface area contributed by atoms with Crippen LogP contribution in [0.15, 0.2) is 5.38 Å². The highest BCUT2D eigenvalue weighted by Gasteiger charge is 2.21. The van der Waals surface area contributed by atoms with Gasteiger partial charge in [0.1, 0.15) is 5.01 Å². The Hall–Kier alpha value is -0.450. The topological polar surface area (TPSA) is 28.2 Å². The quantitative estimate of drug-likeness (QED) is 0.740. The zero-order valence-corrected chi connectivity index (χ0v) is 13.1. The maximum Gasteiger partial charge on any atom is 0.107 e. The number of nitrogens with zero attached hydrogens (tertiary/aromatic N) is 2. The van der Waals surface area contributed by atoms with E-state index in [-0.39, 0.29) is 0 Å². The van der Waals surface area contributed by atoms with Crippen molar-refractivity contribution in [2.45, 2.75) is 65.1 Å². The van der Waals surface area contributed by atoms with Crippen molar-refractivity contribution >= 4 is 11.3 Å². The van der Waals surface area contributed by atoms with Gasteiger partial charge in [0.25, 0.3) is 0 Å². The van der Waals surface area contributed by atoms with E-state index in [9.17, 15) is 0 Å². The van der Waals surface area contributed by atoms with Crippen LogP contribution in [-0.4, -0.2) is 29.0 Å². The fourth-order valence-electron chi connectivity index (χ4n) is 2.85. The first-order valence-electron chi connectivity index (χ1n) is 7.71. The largest absolute Gasteiger partial charge is 0.310 e. The van der Waals surface area contributed by atoms with Gasteiger partial charge in [-0.2, -0.15) is 0 Å². The Balaban J connectivity index is 1.83. The summed E-state index contributed by atoms with van der Waals surface area (Å²) >= 11 is 1.79. The molecule has 0 spiro atoms. The summed E-state index contributed by atoms with van der Waals surface area (Å²) in [5.41, 5.74) is 1.26. The third-order valence-electron chi connectivity index (χ3n) is 3.91. The van der Waals surface area contributed by atoms with Crippen molar-refractivity contribution in [1.82, 2.24) is 15.2 Å². The summed E-state index contributed by atoms with van der Waals surface area (Å²) in [4.78, 5) is 7.36. The lowest BCUT2D eigenvalue weighted by Gasteiger charge is -2.26. The van der Waals surface area contributed by atoms with Gasteiger partial charge in [-0.1, -0.05) is 26.7 Å². The van der Waals surface area contributed by atoms with E-state index in [4.69, 9.17) is 4.98 Å². The van der Waals surface area contributed by atoms with Crippen LogP contribution in [0.5, 0.6) is 0 Å². The van der Waals surface area contributed by atoms with Crippen molar-refractivity contribution < 1.29 is 0 Å². The molecule has 2 rings (SSSR count). The second-order valence-electron chi connectivity index (χ2n) is 5.41. The molecule has 108 valence electrons. The van der Waals surface area contributed by atoms with Gasteiger partial charge >= 0.3 is 0 Å². The van der Waals surface area contributed by atoms with Gasteiger partial charge < -0.3 is 5.32 Å². The number of hydrogen-bond acceptors (Lipinski definition) is 4. The summed E-state index contributed by atoms with van der Waals surface area (Å²) in [6.45, 7) is 8.65. The highest BCUT2D eigenvalue weighted by Crippen LogP contribution is 2.25. The average Bonchev–Trinajstić information content (AvgIpc) is 3.07. The first-order valence-corrected chi connectivity index (χ1v) is 8.59. The van der Waals surface area contributed by atoms with Gasteiger partial charge in [0.15, 0.2) is 0 Å². The van der Waals surface area contributed by atoms with Crippen LogP contribution in [0.3, 0.4) is 0 Å². The molecule has 0 unspecified atom stereocenters. The average molecular weight is 281 g/mol. The van der Waals surface area contributed by atoms with Crippen LogP contribution in [0.25, 0.3) is 0 Å². The lowest BCUT2D eigenvalue weighted by atomic mass is 10.2. The minimum Gasteiger partial charge on any atom is -0.310 e. The lowest BCUT2D eigenvalue weighted by Crippen LogP contribution is -2.32. The first-order chi connectivity index (χ1) is 9.33. The standard InChI is InChI=1S/C15H27N3S/c1-3-9-16-10-15-17-13(12-19-15)11-18(4-2)14-7-5-6-8-14/h12,14,16H,3-11H2,1-2H3. The molecule has 4 heteroatoms. The summed E-state index contributed by atoms with van der Waals surface area (Å²) in [6, 6.07) is 0.799. The molecule has 0 bridgehead atoms. The zero-order valence-electron chi connectivity index (χ0n) is 12.3. The summed E-state index contributed by atoms with van der Waals surface area (Å²) in [7, 11) is 0. The van der Waals surface area contributed by atoms with Crippen LogP contribution in [0.4, 0.5) is 0 Å². The van der Waals surface area contributed by atoms with Crippen molar-refractivity contribution in [1.29, 1.82) is 0 Å². The number of rotatable bonds is 8. The minimum absolute atomic E-state index is 0.799. The minimum atomic E-state index is 0.799. The molecule has 0 aliphatic heterocycles. The molecular weight excluding hydrogens is 254 g/mol. The molecular formula is C15H27N3S. The lowest BCUT2D eigenvalue weighted by molar-refractivity contribution is 0.198. The SMILES string of the molecule is CCCNCc1nc(CN(CC)C2CCCC2)cs1. The van der Waals surface area contributed by atoms with E-state index in [0.29, 0.717) is 0 Å². The Labute approximate surface area is 121 Å². The summed E-state index contributed by atoms with van der Waals surface area (Å²) in [5.74, 6) is 0. The molecule has 0 radical (unpaired) electrons. The molecule has 0 aromatic carbocycles. The molecule has 3 nitrogen and oxygen atoms in total. The van der Waals surface area contributed by atoms with Crippen LogP contribution in [0.2, 0.25) is 0 Å². The van der Waals surface area contributed by atoms with Gasteiger partial charge in [-0.3, -0.25) is 4.90 Å². The van der Waals surface area contributed by atoms with E-state index < -0.39 is 0 Å². The Kier molecular flexibility index (Phi) is 6.28. The van der Waals surface area contributed by atoms with Crippen molar-refractivity contribution in [3.8, 4) is 0 Å².